The summed E-state index contributed by atoms with van der Waals surface area (Å²) >= 11 is 0. The highest BCUT2D eigenvalue weighted by atomic mass is 16.3. The minimum Gasteiger partial charge on any atom is -0.392 e. The lowest BCUT2D eigenvalue weighted by molar-refractivity contribution is 0.283. The van der Waals surface area contributed by atoms with Crippen molar-refractivity contribution in [1.82, 2.24) is 4.98 Å². The molecule has 72 valence electrons. The molecule has 2 aromatic rings. The first kappa shape index (κ1) is 9.16. The SMILES string of the molecule is Cc1ccc2nc(C)cc(CO)c2c1. The Morgan fingerprint density at radius 1 is 1.21 bits per heavy atom. The number of aliphatic hydroxyl groups is 1. The molecule has 2 rings (SSSR count). The van der Waals surface area contributed by atoms with Crippen LogP contribution in [0.25, 0.3) is 10.9 Å². The van der Waals surface area contributed by atoms with Gasteiger partial charge in [0, 0.05) is 11.1 Å². The smallest absolute Gasteiger partial charge is 0.0708 e. The minimum atomic E-state index is 0.0727. The summed E-state index contributed by atoms with van der Waals surface area (Å²) in [4.78, 5) is 4.41. The van der Waals surface area contributed by atoms with Gasteiger partial charge in [0.25, 0.3) is 0 Å². The fraction of sp³-hybridized carbons (Fsp3) is 0.250. The second-order valence-corrected chi connectivity index (χ2v) is 3.60. The number of aliphatic hydroxyl groups excluding tert-OH is 1. The molecule has 0 fully saturated rings. The van der Waals surface area contributed by atoms with Crippen LogP contribution in [0.4, 0.5) is 0 Å². The van der Waals surface area contributed by atoms with Gasteiger partial charge in [0.15, 0.2) is 0 Å². The Labute approximate surface area is 83.2 Å². The molecule has 0 aliphatic rings. The van der Waals surface area contributed by atoms with E-state index in [1.807, 2.05) is 32.0 Å². The maximum Gasteiger partial charge on any atom is 0.0708 e. The lowest BCUT2D eigenvalue weighted by atomic mass is 10.1. The van der Waals surface area contributed by atoms with Gasteiger partial charge in [-0.25, -0.2) is 0 Å². The van der Waals surface area contributed by atoms with Crippen molar-refractivity contribution in [1.29, 1.82) is 0 Å². The van der Waals surface area contributed by atoms with Crippen molar-refractivity contribution in [2.75, 3.05) is 0 Å². The molecule has 0 amide bonds. The van der Waals surface area contributed by atoms with Crippen molar-refractivity contribution >= 4 is 10.9 Å². The van der Waals surface area contributed by atoms with Crippen LogP contribution in [-0.4, -0.2) is 10.1 Å². The second-order valence-electron chi connectivity index (χ2n) is 3.60. The molecule has 2 heteroatoms. The fourth-order valence-electron chi connectivity index (χ4n) is 1.69. The standard InChI is InChI=1S/C12H13NO/c1-8-3-4-12-11(5-8)10(7-14)6-9(2)13-12/h3-6,14H,7H2,1-2H3. The number of nitrogens with zero attached hydrogens (tertiary/aromatic N) is 1. The zero-order valence-corrected chi connectivity index (χ0v) is 8.41. The van der Waals surface area contributed by atoms with Crippen LogP contribution in [0, 0.1) is 13.8 Å². The molecule has 0 radical (unpaired) electrons. The van der Waals surface area contributed by atoms with E-state index in [0.717, 1.165) is 22.2 Å². The molecule has 1 heterocycles. The van der Waals surface area contributed by atoms with Crippen LogP contribution in [0.15, 0.2) is 24.3 Å². The highest BCUT2D eigenvalue weighted by molar-refractivity contribution is 5.83. The zero-order valence-electron chi connectivity index (χ0n) is 8.41. The van der Waals surface area contributed by atoms with E-state index in [0.29, 0.717) is 0 Å². The predicted octanol–water partition coefficient (Wildman–Crippen LogP) is 2.34. The third-order valence-corrected chi connectivity index (χ3v) is 2.35. The number of pyridine rings is 1. The van der Waals surface area contributed by atoms with Crippen molar-refractivity contribution in [3.8, 4) is 0 Å². The Balaban J connectivity index is 2.81. The van der Waals surface area contributed by atoms with E-state index in [4.69, 9.17) is 0 Å². The van der Waals surface area contributed by atoms with Gasteiger partial charge in [-0.3, -0.25) is 4.98 Å². The lowest BCUT2D eigenvalue weighted by Crippen LogP contribution is -1.92. The maximum atomic E-state index is 9.22. The highest BCUT2D eigenvalue weighted by Gasteiger charge is 2.02. The Kier molecular flexibility index (Phi) is 2.22. The van der Waals surface area contributed by atoms with Crippen molar-refractivity contribution in [3.63, 3.8) is 0 Å². The average Bonchev–Trinajstić information content (AvgIpc) is 2.17. The summed E-state index contributed by atoms with van der Waals surface area (Å²) in [6, 6.07) is 8.03. The Morgan fingerprint density at radius 3 is 2.71 bits per heavy atom. The van der Waals surface area contributed by atoms with Gasteiger partial charge < -0.3 is 5.11 Å². The molecule has 0 atom stereocenters. The zero-order chi connectivity index (χ0) is 10.1. The van der Waals surface area contributed by atoms with Gasteiger partial charge in [0.05, 0.1) is 12.1 Å². The second kappa shape index (κ2) is 3.39. The van der Waals surface area contributed by atoms with Crippen LogP contribution < -0.4 is 0 Å². The first-order valence-corrected chi connectivity index (χ1v) is 4.68. The fourth-order valence-corrected chi connectivity index (χ4v) is 1.69. The third kappa shape index (κ3) is 1.49. The summed E-state index contributed by atoms with van der Waals surface area (Å²) in [7, 11) is 0. The number of fused-ring (bicyclic) bond motifs is 1. The summed E-state index contributed by atoms with van der Waals surface area (Å²) < 4.78 is 0. The monoisotopic (exact) mass is 187 g/mol. The molecule has 1 N–H and O–H groups in total. The number of aromatic nitrogens is 1. The summed E-state index contributed by atoms with van der Waals surface area (Å²) in [5.74, 6) is 0. The van der Waals surface area contributed by atoms with Gasteiger partial charge in [0.1, 0.15) is 0 Å². The molecule has 0 saturated heterocycles. The first-order valence-electron chi connectivity index (χ1n) is 4.68. The molecule has 1 aromatic carbocycles. The minimum absolute atomic E-state index is 0.0727. The van der Waals surface area contributed by atoms with Gasteiger partial charge in [-0.2, -0.15) is 0 Å². The van der Waals surface area contributed by atoms with E-state index in [9.17, 15) is 5.11 Å². The predicted molar refractivity (Wildman–Crippen MR) is 57.1 cm³/mol. The van der Waals surface area contributed by atoms with Gasteiger partial charge in [0.2, 0.25) is 0 Å². The van der Waals surface area contributed by atoms with Gasteiger partial charge in [-0.05, 0) is 37.6 Å². The molecule has 2 nitrogen and oxygen atoms in total. The number of hydrogen-bond donors (Lipinski definition) is 1. The number of hydrogen-bond acceptors (Lipinski definition) is 2. The van der Waals surface area contributed by atoms with E-state index in [1.165, 1.54) is 5.56 Å². The molecule has 0 unspecified atom stereocenters. The average molecular weight is 187 g/mol. The quantitative estimate of drug-likeness (QED) is 0.743. The van der Waals surface area contributed by atoms with Crippen LogP contribution in [0.2, 0.25) is 0 Å². The van der Waals surface area contributed by atoms with Crippen LogP contribution in [-0.2, 0) is 6.61 Å². The largest absolute Gasteiger partial charge is 0.392 e. The van der Waals surface area contributed by atoms with E-state index in [2.05, 4.69) is 11.1 Å². The molecule has 0 saturated carbocycles. The summed E-state index contributed by atoms with van der Waals surface area (Å²) in [5.41, 5.74) is 4.05. The van der Waals surface area contributed by atoms with E-state index in [1.54, 1.807) is 0 Å². The third-order valence-electron chi connectivity index (χ3n) is 2.35. The molecule has 0 aliphatic carbocycles. The van der Waals surface area contributed by atoms with E-state index < -0.39 is 0 Å². The normalized spacial score (nSPS) is 10.8. The Bertz CT molecular complexity index is 477. The summed E-state index contributed by atoms with van der Waals surface area (Å²) in [6.07, 6.45) is 0. The van der Waals surface area contributed by atoms with Crippen molar-refractivity contribution in [3.05, 3.63) is 41.1 Å². The molecule has 1 aromatic heterocycles. The number of benzene rings is 1. The first-order chi connectivity index (χ1) is 6.70. The molecular formula is C12H13NO. The van der Waals surface area contributed by atoms with Gasteiger partial charge in [-0.1, -0.05) is 11.6 Å². The lowest BCUT2D eigenvalue weighted by Gasteiger charge is -2.05. The number of rotatable bonds is 1. The van der Waals surface area contributed by atoms with E-state index in [-0.39, 0.29) is 6.61 Å². The summed E-state index contributed by atoms with van der Waals surface area (Å²) in [5, 5.41) is 10.3. The van der Waals surface area contributed by atoms with Crippen molar-refractivity contribution in [2.45, 2.75) is 20.5 Å². The highest BCUT2D eigenvalue weighted by Crippen LogP contribution is 2.19. The maximum absolute atomic E-state index is 9.22. The van der Waals surface area contributed by atoms with Gasteiger partial charge in [-0.15, -0.1) is 0 Å². The molecule has 0 spiro atoms. The van der Waals surface area contributed by atoms with Crippen LogP contribution in [0.5, 0.6) is 0 Å². The van der Waals surface area contributed by atoms with Crippen molar-refractivity contribution in [2.24, 2.45) is 0 Å². The molecule has 14 heavy (non-hydrogen) atoms. The van der Waals surface area contributed by atoms with Crippen LogP contribution in [0.1, 0.15) is 16.8 Å². The van der Waals surface area contributed by atoms with Crippen molar-refractivity contribution < 1.29 is 5.11 Å². The van der Waals surface area contributed by atoms with E-state index >= 15 is 0 Å². The molecular weight excluding hydrogens is 174 g/mol. The van der Waals surface area contributed by atoms with Crippen LogP contribution >= 0.6 is 0 Å². The summed E-state index contributed by atoms with van der Waals surface area (Å²) in [6.45, 7) is 4.06. The molecule has 0 bridgehead atoms. The van der Waals surface area contributed by atoms with Gasteiger partial charge >= 0.3 is 0 Å². The molecule has 0 aliphatic heterocycles. The Morgan fingerprint density at radius 2 is 2.00 bits per heavy atom. The van der Waals surface area contributed by atoms with Crippen LogP contribution in [0.3, 0.4) is 0 Å². The topological polar surface area (TPSA) is 33.1 Å². The Hall–Kier alpha value is -1.41. The number of aryl methyl sites for hydroxylation is 2.